The number of hydrogen-bond donors (Lipinski definition) is 1. The fourth-order valence-corrected chi connectivity index (χ4v) is 4.35. The van der Waals surface area contributed by atoms with Gasteiger partial charge in [-0.3, -0.25) is 4.21 Å². The van der Waals surface area contributed by atoms with Gasteiger partial charge in [-0.1, -0.05) is 37.0 Å². The maximum Gasteiger partial charge on any atom is 0.0636 e. The average molecular weight is 292 g/mol. The fraction of sp³-hybridized carbons (Fsp3) is 0.500. The molecule has 0 bridgehead atoms. The zero-order chi connectivity index (χ0) is 12.6. The summed E-state index contributed by atoms with van der Waals surface area (Å²) in [6, 6.07) is 4.00. The molecule has 94 valence electrons. The van der Waals surface area contributed by atoms with Crippen LogP contribution in [0.25, 0.3) is 0 Å². The van der Waals surface area contributed by atoms with Crippen molar-refractivity contribution in [2.24, 2.45) is 0 Å². The molecule has 1 aliphatic rings. The van der Waals surface area contributed by atoms with Gasteiger partial charge in [-0.25, -0.2) is 0 Å². The molecule has 1 N–H and O–H groups in total. The van der Waals surface area contributed by atoms with Gasteiger partial charge in [0, 0.05) is 28.4 Å². The minimum absolute atomic E-state index is 0.147. The zero-order valence-electron chi connectivity index (χ0n) is 9.80. The minimum atomic E-state index is -1.03. The Labute approximate surface area is 114 Å². The van der Waals surface area contributed by atoms with Gasteiger partial charge in [-0.2, -0.15) is 0 Å². The molecule has 2 rings (SSSR count). The Morgan fingerprint density at radius 3 is 2.65 bits per heavy atom. The highest BCUT2D eigenvalue weighted by Gasteiger charge is 2.29. The van der Waals surface area contributed by atoms with E-state index >= 15 is 0 Å². The van der Waals surface area contributed by atoms with E-state index in [4.69, 9.17) is 23.2 Å². The van der Waals surface area contributed by atoms with Crippen molar-refractivity contribution < 1.29 is 4.21 Å². The van der Waals surface area contributed by atoms with Gasteiger partial charge in [-0.05, 0) is 18.6 Å². The summed E-state index contributed by atoms with van der Waals surface area (Å²) in [7, 11) is -1.03. The Hall–Kier alpha value is -0.0900. The number of rotatable bonds is 2. The summed E-state index contributed by atoms with van der Waals surface area (Å²) in [6.07, 6.45) is 0.831. The Balaban J connectivity index is 2.51. The third-order valence-corrected chi connectivity index (χ3v) is 5.06. The van der Waals surface area contributed by atoms with Gasteiger partial charge >= 0.3 is 0 Å². The van der Waals surface area contributed by atoms with Crippen LogP contribution in [0.5, 0.6) is 0 Å². The number of fused-ring (bicyclic) bond motifs is 1. The summed E-state index contributed by atoms with van der Waals surface area (Å²) in [6.45, 7) is 4.17. The first-order valence-electron chi connectivity index (χ1n) is 5.63. The smallest absolute Gasteiger partial charge is 0.0636 e. The number of hydrogen-bond acceptors (Lipinski definition) is 2. The zero-order valence-corrected chi connectivity index (χ0v) is 12.1. The van der Waals surface area contributed by atoms with E-state index in [1.165, 1.54) is 0 Å². The van der Waals surface area contributed by atoms with E-state index in [0.717, 1.165) is 12.0 Å². The predicted octanol–water partition coefficient (Wildman–Crippen LogP) is 3.54. The Morgan fingerprint density at radius 2 is 2.00 bits per heavy atom. The van der Waals surface area contributed by atoms with Crippen molar-refractivity contribution in [3.63, 3.8) is 0 Å². The Bertz CT molecular complexity index is 462. The van der Waals surface area contributed by atoms with Gasteiger partial charge in [0.25, 0.3) is 0 Å². The standard InChI is InChI=1S/C12H15Cl2NOS/c1-7(2)15-10-5-6-17(16)12-9(14)4-3-8(13)11(10)12/h3-4,7,10,15H,5-6H2,1-2H3. The molecule has 0 radical (unpaired) electrons. The van der Waals surface area contributed by atoms with Gasteiger partial charge in [0.1, 0.15) is 0 Å². The van der Waals surface area contributed by atoms with Crippen LogP contribution in [0.15, 0.2) is 17.0 Å². The molecule has 0 spiro atoms. The topological polar surface area (TPSA) is 29.1 Å². The normalized spacial score (nSPS) is 23.8. The molecule has 5 heteroatoms. The molecule has 0 fully saturated rings. The summed E-state index contributed by atoms with van der Waals surface area (Å²) in [5.74, 6) is 0.636. The first kappa shape index (κ1) is 13.3. The molecule has 0 aromatic heterocycles. The molecular formula is C12H15Cl2NOS. The largest absolute Gasteiger partial charge is 0.308 e. The van der Waals surface area contributed by atoms with E-state index in [-0.39, 0.29) is 6.04 Å². The second-order valence-electron chi connectivity index (χ2n) is 4.48. The summed E-state index contributed by atoms with van der Waals surface area (Å²) in [5.41, 5.74) is 0.914. The molecule has 1 aliphatic heterocycles. The molecule has 0 amide bonds. The van der Waals surface area contributed by atoms with E-state index in [9.17, 15) is 4.21 Å². The van der Waals surface area contributed by atoms with Crippen LogP contribution in [0.4, 0.5) is 0 Å². The van der Waals surface area contributed by atoms with Crippen LogP contribution < -0.4 is 5.32 Å². The van der Waals surface area contributed by atoms with Crippen LogP contribution in [0.3, 0.4) is 0 Å². The van der Waals surface area contributed by atoms with Gasteiger partial charge < -0.3 is 5.32 Å². The van der Waals surface area contributed by atoms with Gasteiger partial charge in [-0.15, -0.1) is 0 Å². The van der Waals surface area contributed by atoms with E-state index in [1.807, 2.05) is 0 Å². The maximum atomic E-state index is 12.0. The van der Waals surface area contributed by atoms with Crippen molar-refractivity contribution in [1.29, 1.82) is 0 Å². The summed E-state index contributed by atoms with van der Waals surface area (Å²) >= 11 is 12.4. The van der Waals surface area contributed by atoms with Gasteiger partial charge in [0.15, 0.2) is 0 Å². The molecule has 0 aliphatic carbocycles. The molecule has 1 heterocycles. The molecule has 17 heavy (non-hydrogen) atoms. The molecule has 0 saturated heterocycles. The van der Waals surface area contributed by atoms with Crippen LogP contribution in [-0.4, -0.2) is 16.0 Å². The lowest BCUT2D eigenvalue weighted by Gasteiger charge is -2.29. The fourth-order valence-electron chi connectivity index (χ4n) is 2.15. The van der Waals surface area contributed by atoms with E-state index in [2.05, 4.69) is 19.2 Å². The summed E-state index contributed by atoms with van der Waals surface area (Å²) < 4.78 is 12.0. The summed E-state index contributed by atoms with van der Waals surface area (Å²) in [4.78, 5) is 0.712. The number of benzene rings is 1. The molecule has 2 nitrogen and oxygen atoms in total. The van der Waals surface area contributed by atoms with Gasteiger partial charge in [0.05, 0.1) is 20.7 Å². The van der Waals surface area contributed by atoms with E-state index in [1.54, 1.807) is 12.1 Å². The van der Waals surface area contributed by atoms with Crippen molar-refractivity contribution in [3.05, 3.63) is 27.7 Å². The Morgan fingerprint density at radius 1 is 1.35 bits per heavy atom. The maximum absolute atomic E-state index is 12.0. The van der Waals surface area contributed by atoms with Crippen LogP contribution in [-0.2, 0) is 10.8 Å². The average Bonchev–Trinajstić information content (AvgIpc) is 2.25. The minimum Gasteiger partial charge on any atom is -0.308 e. The van der Waals surface area contributed by atoms with E-state index < -0.39 is 10.8 Å². The monoisotopic (exact) mass is 291 g/mol. The molecule has 1 aromatic carbocycles. The third kappa shape index (κ3) is 2.68. The van der Waals surface area contributed by atoms with Crippen molar-refractivity contribution in [3.8, 4) is 0 Å². The van der Waals surface area contributed by atoms with Crippen molar-refractivity contribution in [2.45, 2.75) is 37.2 Å². The highest BCUT2D eigenvalue weighted by atomic mass is 35.5. The van der Waals surface area contributed by atoms with Crippen LogP contribution in [0.2, 0.25) is 10.0 Å². The quantitative estimate of drug-likeness (QED) is 0.903. The van der Waals surface area contributed by atoms with Crippen molar-refractivity contribution in [2.75, 3.05) is 5.75 Å². The number of halogens is 2. The second kappa shape index (κ2) is 5.27. The van der Waals surface area contributed by atoms with Crippen LogP contribution >= 0.6 is 23.2 Å². The lowest BCUT2D eigenvalue weighted by atomic mass is 10.0. The highest BCUT2D eigenvalue weighted by Crippen LogP contribution is 2.39. The molecule has 1 aromatic rings. The lowest BCUT2D eigenvalue weighted by molar-refractivity contribution is 0.456. The van der Waals surface area contributed by atoms with E-state index in [0.29, 0.717) is 26.7 Å². The predicted molar refractivity (Wildman–Crippen MR) is 73.4 cm³/mol. The van der Waals surface area contributed by atoms with Crippen LogP contribution in [0, 0.1) is 0 Å². The van der Waals surface area contributed by atoms with Crippen molar-refractivity contribution >= 4 is 34.0 Å². The highest BCUT2D eigenvalue weighted by molar-refractivity contribution is 7.85. The lowest BCUT2D eigenvalue weighted by Crippen LogP contribution is -2.32. The molecule has 0 saturated carbocycles. The third-order valence-electron chi connectivity index (χ3n) is 2.80. The molecule has 2 unspecified atom stereocenters. The second-order valence-corrected chi connectivity index (χ2v) is 6.81. The van der Waals surface area contributed by atoms with Gasteiger partial charge in [0.2, 0.25) is 0 Å². The number of nitrogens with one attached hydrogen (secondary N) is 1. The SMILES string of the molecule is CC(C)NC1CCS(=O)c2c(Cl)ccc(Cl)c21. The summed E-state index contributed by atoms with van der Waals surface area (Å²) in [5, 5.41) is 4.65. The molecular weight excluding hydrogens is 277 g/mol. The first-order valence-corrected chi connectivity index (χ1v) is 7.70. The van der Waals surface area contributed by atoms with Crippen molar-refractivity contribution in [1.82, 2.24) is 5.32 Å². The van der Waals surface area contributed by atoms with Crippen LogP contribution in [0.1, 0.15) is 31.9 Å². The molecule has 2 atom stereocenters. The Kier molecular flexibility index (Phi) is 4.14. The first-order chi connectivity index (χ1) is 8.00.